The summed E-state index contributed by atoms with van der Waals surface area (Å²) in [4.78, 5) is 2.10. The van der Waals surface area contributed by atoms with Crippen molar-refractivity contribution in [3.05, 3.63) is 52.4 Å². The Bertz CT molecular complexity index is 563. The van der Waals surface area contributed by atoms with Crippen LogP contribution in [0.25, 0.3) is 0 Å². The Balaban J connectivity index is 2.20. The van der Waals surface area contributed by atoms with Crippen LogP contribution < -0.4 is 10.6 Å². The normalized spacial score (nSPS) is 12.5. The van der Waals surface area contributed by atoms with Gasteiger partial charge in [-0.3, -0.25) is 0 Å². The molecule has 0 radical (unpaired) electrons. The van der Waals surface area contributed by atoms with Crippen molar-refractivity contribution in [2.75, 3.05) is 11.9 Å². The zero-order chi connectivity index (χ0) is 14.0. The first-order valence-electron chi connectivity index (χ1n) is 6.28. The molecule has 0 saturated carbocycles. The van der Waals surface area contributed by atoms with Crippen molar-refractivity contribution in [3.63, 3.8) is 0 Å². The second kappa shape index (κ2) is 5.68. The monoisotopic (exact) mass is 278 g/mol. The fourth-order valence-corrected chi connectivity index (χ4v) is 2.37. The Labute approximate surface area is 119 Å². The lowest BCUT2D eigenvalue weighted by atomic mass is 10.1. The summed E-state index contributed by atoms with van der Waals surface area (Å²) in [7, 11) is 2.01. The van der Waals surface area contributed by atoms with Crippen molar-refractivity contribution in [1.29, 1.82) is 0 Å². The van der Waals surface area contributed by atoms with E-state index in [0.717, 1.165) is 34.1 Å². The molecule has 1 aromatic carbocycles. The standard InChI is InChI=1S/C15H19ClN2O/c1-10(17)12-4-5-15(14(16)8-12)18(3)9-13-6-7-19-11(13)2/h4-8,10H,9,17H2,1-3H3/t10-/m0/s1. The fourth-order valence-electron chi connectivity index (χ4n) is 2.03. The molecular weight excluding hydrogens is 260 g/mol. The molecule has 1 aromatic heterocycles. The zero-order valence-corrected chi connectivity index (χ0v) is 12.2. The van der Waals surface area contributed by atoms with E-state index in [2.05, 4.69) is 4.90 Å². The summed E-state index contributed by atoms with van der Waals surface area (Å²) in [5, 5.41) is 0.721. The number of anilines is 1. The van der Waals surface area contributed by atoms with Crippen LogP contribution in [-0.4, -0.2) is 7.05 Å². The third-order valence-electron chi connectivity index (χ3n) is 3.28. The summed E-state index contributed by atoms with van der Waals surface area (Å²) in [5.41, 5.74) is 9.05. The first kappa shape index (κ1) is 14.0. The van der Waals surface area contributed by atoms with E-state index < -0.39 is 0 Å². The van der Waals surface area contributed by atoms with Crippen molar-refractivity contribution in [3.8, 4) is 0 Å². The van der Waals surface area contributed by atoms with Crippen LogP contribution in [0.5, 0.6) is 0 Å². The van der Waals surface area contributed by atoms with E-state index >= 15 is 0 Å². The number of nitrogens with two attached hydrogens (primary N) is 1. The number of nitrogens with zero attached hydrogens (tertiary/aromatic N) is 1. The van der Waals surface area contributed by atoms with Gasteiger partial charge in [0.25, 0.3) is 0 Å². The van der Waals surface area contributed by atoms with Crippen LogP contribution in [0.1, 0.15) is 29.9 Å². The molecule has 0 fully saturated rings. The molecule has 4 heteroatoms. The maximum Gasteiger partial charge on any atom is 0.105 e. The predicted molar refractivity (Wildman–Crippen MR) is 79.6 cm³/mol. The number of hydrogen-bond donors (Lipinski definition) is 1. The smallest absolute Gasteiger partial charge is 0.105 e. The average Bonchev–Trinajstić information content (AvgIpc) is 2.74. The van der Waals surface area contributed by atoms with Gasteiger partial charge in [0.1, 0.15) is 5.76 Å². The second-order valence-corrected chi connectivity index (χ2v) is 5.26. The van der Waals surface area contributed by atoms with Gasteiger partial charge in [0.2, 0.25) is 0 Å². The van der Waals surface area contributed by atoms with Gasteiger partial charge in [-0.1, -0.05) is 17.7 Å². The first-order valence-corrected chi connectivity index (χ1v) is 6.66. The molecule has 0 aliphatic heterocycles. The van der Waals surface area contributed by atoms with Gasteiger partial charge in [0.15, 0.2) is 0 Å². The highest BCUT2D eigenvalue weighted by molar-refractivity contribution is 6.33. The summed E-state index contributed by atoms with van der Waals surface area (Å²) in [6.45, 7) is 4.67. The Hall–Kier alpha value is -1.45. The van der Waals surface area contributed by atoms with Gasteiger partial charge in [-0.15, -0.1) is 0 Å². The third-order valence-corrected chi connectivity index (χ3v) is 3.59. The van der Waals surface area contributed by atoms with Crippen molar-refractivity contribution in [2.45, 2.75) is 26.4 Å². The summed E-state index contributed by atoms with van der Waals surface area (Å²) in [5.74, 6) is 0.940. The molecule has 19 heavy (non-hydrogen) atoms. The number of rotatable bonds is 4. The van der Waals surface area contributed by atoms with Crippen LogP contribution in [0.2, 0.25) is 5.02 Å². The molecule has 102 valence electrons. The SMILES string of the molecule is Cc1occc1CN(C)c1ccc([C@H](C)N)cc1Cl. The van der Waals surface area contributed by atoms with Gasteiger partial charge in [-0.05, 0) is 37.6 Å². The topological polar surface area (TPSA) is 42.4 Å². The predicted octanol–water partition coefficient (Wildman–Crippen LogP) is 3.90. The van der Waals surface area contributed by atoms with Crippen LogP contribution in [0.15, 0.2) is 34.9 Å². The minimum absolute atomic E-state index is 0.00651. The minimum atomic E-state index is -0.00651. The molecular formula is C15H19ClN2O. The summed E-state index contributed by atoms with van der Waals surface area (Å²) >= 11 is 6.33. The molecule has 0 unspecified atom stereocenters. The number of hydrogen-bond acceptors (Lipinski definition) is 3. The van der Waals surface area contributed by atoms with Gasteiger partial charge in [-0.2, -0.15) is 0 Å². The maximum atomic E-state index is 6.33. The molecule has 0 amide bonds. The van der Waals surface area contributed by atoms with E-state index in [-0.39, 0.29) is 6.04 Å². The van der Waals surface area contributed by atoms with Gasteiger partial charge >= 0.3 is 0 Å². The fraction of sp³-hybridized carbons (Fsp3) is 0.333. The van der Waals surface area contributed by atoms with Crippen LogP contribution in [0, 0.1) is 6.92 Å². The molecule has 2 rings (SSSR count). The van der Waals surface area contributed by atoms with Gasteiger partial charge in [0, 0.05) is 25.2 Å². The number of benzene rings is 1. The maximum absolute atomic E-state index is 6.33. The summed E-state index contributed by atoms with van der Waals surface area (Å²) < 4.78 is 5.31. The van der Waals surface area contributed by atoms with Crippen molar-refractivity contribution >= 4 is 17.3 Å². The Kier molecular flexibility index (Phi) is 4.17. The molecule has 0 spiro atoms. The quantitative estimate of drug-likeness (QED) is 0.922. The molecule has 2 aromatic rings. The zero-order valence-electron chi connectivity index (χ0n) is 11.5. The Morgan fingerprint density at radius 3 is 2.63 bits per heavy atom. The van der Waals surface area contributed by atoms with E-state index in [1.165, 1.54) is 0 Å². The van der Waals surface area contributed by atoms with E-state index in [9.17, 15) is 0 Å². The van der Waals surface area contributed by atoms with E-state index in [1.807, 2.05) is 45.2 Å². The number of halogens is 1. The van der Waals surface area contributed by atoms with Crippen LogP contribution >= 0.6 is 11.6 Å². The van der Waals surface area contributed by atoms with Crippen LogP contribution in [0.3, 0.4) is 0 Å². The van der Waals surface area contributed by atoms with Gasteiger partial charge in [-0.25, -0.2) is 0 Å². The lowest BCUT2D eigenvalue weighted by Crippen LogP contribution is -2.17. The largest absolute Gasteiger partial charge is 0.469 e. The van der Waals surface area contributed by atoms with Crippen molar-refractivity contribution in [1.82, 2.24) is 0 Å². The highest BCUT2D eigenvalue weighted by atomic mass is 35.5. The molecule has 0 aliphatic rings. The molecule has 1 atom stereocenters. The number of aryl methyl sites for hydroxylation is 1. The Morgan fingerprint density at radius 2 is 2.11 bits per heavy atom. The number of furan rings is 1. The highest BCUT2D eigenvalue weighted by Gasteiger charge is 2.11. The molecule has 0 aliphatic carbocycles. The van der Waals surface area contributed by atoms with Gasteiger partial charge < -0.3 is 15.1 Å². The average molecular weight is 279 g/mol. The van der Waals surface area contributed by atoms with E-state index in [1.54, 1.807) is 6.26 Å². The first-order chi connectivity index (χ1) is 8.99. The van der Waals surface area contributed by atoms with Crippen LogP contribution in [-0.2, 0) is 6.54 Å². The molecule has 1 heterocycles. The molecule has 0 saturated heterocycles. The molecule has 0 bridgehead atoms. The lowest BCUT2D eigenvalue weighted by molar-refractivity contribution is 0.529. The van der Waals surface area contributed by atoms with Crippen molar-refractivity contribution in [2.24, 2.45) is 5.73 Å². The summed E-state index contributed by atoms with van der Waals surface area (Å²) in [6.07, 6.45) is 1.71. The molecule has 3 nitrogen and oxygen atoms in total. The molecule has 2 N–H and O–H groups in total. The van der Waals surface area contributed by atoms with E-state index in [4.69, 9.17) is 21.8 Å². The third kappa shape index (κ3) is 3.11. The second-order valence-electron chi connectivity index (χ2n) is 4.86. The lowest BCUT2D eigenvalue weighted by Gasteiger charge is -2.21. The van der Waals surface area contributed by atoms with Gasteiger partial charge in [0.05, 0.1) is 17.0 Å². The highest BCUT2D eigenvalue weighted by Crippen LogP contribution is 2.29. The minimum Gasteiger partial charge on any atom is -0.469 e. The summed E-state index contributed by atoms with van der Waals surface area (Å²) in [6, 6.07) is 7.94. The van der Waals surface area contributed by atoms with E-state index in [0.29, 0.717) is 0 Å². The van der Waals surface area contributed by atoms with Crippen molar-refractivity contribution < 1.29 is 4.42 Å². The van der Waals surface area contributed by atoms with Crippen LogP contribution in [0.4, 0.5) is 5.69 Å². The Morgan fingerprint density at radius 1 is 1.37 bits per heavy atom.